The molecule has 1 unspecified atom stereocenters. The number of hydrogen-bond acceptors (Lipinski definition) is 15. The Labute approximate surface area is 688 Å². The zero-order chi connectivity index (χ0) is 75.3. The van der Waals surface area contributed by atoms with Crippen molar-refractivity contribution in [1.29, 1.82) is 0 Å². The molecule has 0 spiro atoms. The second kappa shape index (κ2) is 40.8. The molecule has 1 aliphatic rings. The van der Waals surface area contributed by atoms with Crippen molar-refractivity contribution in [1.82, 2.24) is 8.75 Å². The second-order valence-electron chi connectivity index (χ2n) is 30.2. The van der Waals surface area contributed by atoms with Gasteiger partial charge in [-0.05, 0) is 159 Å². The molecule has 9 heterocycles. The first-order valence-corrected chi connectivity index (χ1v) is 48.9. The summed E-state index contributed by atoms with van der Waals surface area (Å²) in [4.78, 5) is 19.7. The molecule has 109 heavy (non-hydrogen) atoms. The van der Waals surface area contributed by atoms with Crippen LogP contribution in [0.2, 0.25) is 0 Å². The minimum Gasteiger partial charge on any atom is -0.492 e. The van der Waals surface area contributed by atoms with Gasteiger partial charge in [-0.25, -0.2) is 0 Å². The number of unbranched alkanes of at least 4 members (excludes halogenated alkanes) is 23. The molecule has 0 amide bonds. The van der Waals surface area contributed by atoms with E-state index >= 15 is 0 Å². The summed E-state index contributed by atoms with van der Waals surface area (Å²) in [5.74, 6) is 3.92. The molecule has 9 aromatic heterocycles. The molecule has 3 aromatic carbocycles. The average molecular weight is 1620 g/mol. The summed E-state index contributed by atoms with van der Waals surface area (Å²) in [6.45, 7) is 21.1. The predicted molar refractivity (Wildman–Crippen MR) is 484 cm³/mol. The lowest BCUT2D eigenvalue weighted by molar-refractivity contribution is 0.307. The second-order valence-corrected chi connectivity index (χ2v) is 39.4. The summed E-state index contributed by atoms with van der Waals surface area (Å²) in [5.41, 5.74) is 12.8. The molecule has 0 aliphatic heterocycles. The lowest BCUT2D eigenvalue weighted by atomic mass is 9.70. The summed E-state index contributed by atoms with van der Waals surface area (Å²) in [6.07, 6.45) is 38.3. The molecule has 0 bridgehead atoms. The van der Waals surface area contributed by atoms with Crippen LogP contribution in [0, 0.1) is 13.8 Å². The van der Waals surface area contributed by atoms with Crippen LogP contribution < -0.4 is 18.9 Å². The van der Waals surface area contributed by atoms with Gasteiger partial charge in [0.1, 0.15) is 34.0 Å². The van der Waals surface area contributed by atoms with Crippen LogP contribution in [0.25, 0.3) is 112 Å². The van der Waals surface area contributed by atoms with E-state index in [2.05, 4.69) is 177 Å². The van der Waals surface area contributed by atoms with Crippen LogP contribution >= 0.6 is 102 Å². The molecule has 0 saturated carbocycles. The Kier molecular flexibility index (Phi) is 30.5. The lowest BCUT2D eigenvalue weighted by Gasteiger charge is -2.33. The number of ether oxygens (including phenoxy) is 4. The van der Waals surface area contributed by atoms with Gasteiger partial charge in [0.15, 0.2) is 0 Å². The largest absolute Gasteiger partial charge is 0.492 e. The van der Waals surface area contributed by atoms with Crippen LogP contribution in [-0.4, -0.2) is 35.2 Å². The van der Waals surface area contributed by atoms with Crippen LogP contribution in [0.1, 0.15) is 262 Å². The van der Waals surface area contributed by atoms with E-state index in [9.17, 15) is 0 Å². The van der Waals surface area contributed by atoms with E-state index in [4.69, 9.17) is 27.7 Å². The van der Waals surface area contributed by atoms with Crippen molar-refractivity contribution in [2.45, 2.75) is 260 Å². The van der Waals surface area contributed by atoms with Crippen LogP contribution in [0.3, 0.4) is 0 Å². The van der Waals surface area contributed by atoms with E-state index in [1.165, 1.54) is 253 Å². The number of fused-ring (bicyclic) bond motifs is 4. The van der Waals surface area contributed by atoms with E-state index in [0.717, 1.165) is 116 Å². The molecule has 0 saturated heterocycles. The van der Waals surface area contributed by atoms with Crippen LogP contribution in [0.15, 0.2) is 121 Å². The Morgan fingerprint density at radius 3 is 1.01 bits per heavy atom. The van der Waals surface area contributed by atoms with Gasteiger partial charge in [0, 0.05) is 75.1 Å². The molecular weight excluding hydrogens is 1510 g/mol. The van der Waals surface area contributed by atoms with E-state index < -0.39 is 0 Å². The van der Waals surface area contributed by atoms with Crippen molar-refractivity contribution in [2.24, 2.45) is 0 Å². The van der Waals surface area contributed by atoms with Gasteiger partial charge in [-0.2, -0.15) is 8.75 Å². The Hall–Kier alpha value is -5.72. The van der Waals surface area contributed by atoms with Gasteiger partial charge in [0.2, 0.25) is 0 Å². The van der Waals surface area contributed by atoms with E-state index in [0.29, 0.717) is 13.2 Å². The minimum atomic E-state index is 0.0162. The maximum atomic E-state index is 6.94. The van der Waals surface area contributed by atoms with Gasteiger partial charge < -0.3 is 18.9 Å². The molecule has 0 fully saturated rings. The molecule has 12 aromatic rings. The maximum absolute atomic E-state index is 6.94. The van der Waals surface area contributed by atoms with Gasteiger partial charge in [-0.15, -0.1) is 90.7 Å². The molecule has 15 heteroatoms. The molecule has 13 rings (SSSR count). The predicted octanol–water partition coefficient (Wildman–Crippen LogP) is 33.8. The van der Waals surface area contributed by atoms with Crippen LogP contribution in [0.5, 0.6) is 23.0 Å². The third-order valence-corrected chi connectivity index (χ3v) is 32.1. The number of benzene rings is 3. The summed E-state index contributed by atoms with van der Waals surface area (Å²) in [6, 6.07) is 47.1. The van der Waals surface area contributed by atoms with Crippen molar-refractivity contribution in [2.75, 3.05) is 26.4 Å². The quantitative estimate of drug-likeness (QED) is 0.0354. The smallest absolute Gasteiger partial charge is 0.139 e. The third-order valence-electron chi connectivity index (χ3n) is 21.7. The van der Waals surface area contributed by atoms with Crippen molar-refractivity contribution in [3.05, 3.63) is 143 Å². The highest BCUT2D eigenvalue weighted by molar-refractivity contribution is 7.30. The number of thiophene rings is 8. The van der Waals surface area contributed by atoms with Gasteiger partial charge in [0.25, 0.3) is 0 Å². The first-order chi connectivity index (χ1) is 53.6. The summed E-state index contributed by atoms with van der Waals surface area (Å²) in [7, 11) is 0. The van der Waals surface area contributed by atoms with E-state index in [-0.39, 0.29) is 5.41 Å². The zero-order valence-corrected chi connectivity index (χ0v) is 73.3. The van der Waals surface area contributed by atoms with E-state index in [1.807, 2.05) is 79.4 Å². The van der Waals surface area contributed by atoms with Gasteiger partial charge >= 0.3 is 0 Å². The highest BCUT2D eigenvalue weighted by atomic mass is 32.1. The van der Waals surface area contributed by atoms with Crippen molar-refractivity contribution in [3.63, 3.8) is 0 Å². The summed E-state index contributed by atoms with van der Waals surface area (Å²) < 4.78 is 37.2. The minimum absolute atomic E-state index is 0.0162. The van der Waals surface area contributed by atoms with Gasteiger partial charge in [-0.1, -0.05) is 250 Å². The van der Waals surface area contributed by atoms with Crippen LogP contribution in [0.4, 0.5) is 0 Å². The molecule has 0 radical (unpaired) electrons. The van der Waals surface area contributed by atoms with Gasteiger partial charge in [-0.3, -0.25) is 0 Å². The Morgan fingerprint density at radius 2 is 0.596 bits per heavy atom. The fourth-order valence-corrected chi connectivity index (χ4v) is 25.2. The Morgan fingerprint density at radius 1 is 0.275 bits per heavy atom. The SMILES string of the molecule is CCCCCCCCCC1(CCCCCCCC)c2cc(C)ccc2-c2ccc(-c3cc(OCCCCCC)c(-c4ccc(-c5ccc(-c6sc(-c7ccc(-c8cc(OCCCCCC)c(-c9ccc(-c%10ccc(-c%11sc(C)cc%11OCCCCCC)s%10)s9)s8)c8nsnc78)cc6OCCCCCC)s5)s4)s3)cc21. The van der Waals surface area contributed by atoms with Gasteiger partial charge in [0.05, 0.1) is 57.7 Å². The normalized spacial score (nSPS) is 13.4. The average Bonchev–Trinajstić information content (AvgIpc) is 1.56. The van der Waals surface area contributed by atoms with Crippen molar-refractivity contribution in [3.8, 4) is 124 Å². The summed E-state index contributed by atoms with van der Waals surface area (Å²) in [5, 5.41) is 0. The van der Waals surface area contributed by atoms with Crippen LogP contribution in [-0.2, 0) is 5.41 Å². The number of aryl methyl sites for hydroxylation is 2. The Bertz CT molecular complexity index is 4800. The third kappa shape index (κ3) is 20.1. The standard InChI is InChI=1S/C94H114N2O4S9/c1-9-15-21-27-29-31-33-53-94(52-32-30-28-22-16-10-2)71-58-64(7)38-40-67(71)68-41-39-66(60-72(68)94)85-61-74(98-55-35-24-18-12-4)91(106-85)82-49-45-79(103-82)80-47-51-84(105-80)93-76(100-57-37-26-20-14-6)63-87(108-93)70-43-42-69(88-89(70)96-109-95-88)86-62-75(99-56-36-25-19-13-5)92(107-86)83-50-46-78(104-83)77-44-48-81(102-77)90-73(59-65(8)101-90)97-54-34-23-17-11-3/h38-51,58-63H,9-37,52-57H2,1-8H3. The fourth-order valence-electron chi connectivity index (χ4n) is 15.6. The van der Waals surface area contributed by atoms with E-state index in [1.54, 1.807) is 22.5 Å². The first kappa shape index (κ1) is 81.3. The van der Waals surface area contributed by atoms with Crippen molar-refractivity contribution >= 4 is 113 Å². The molecule has 1 aliphatic carbocycles. The van der Waals surface area contributed by atoms with Crippen molar-refractivity contribution < 1.29 is 18.9 Å². The highest BCUT2D eigenvalue weighted by Crippen LogP contribution is 2.58. The number of aromatic nitrogens is 2. The molecule has 578 valence electrons. The molecular formula is C94H114N2O4S9. The molecule has 6 nitrogen and oxygen atoms in total. The Balaban J connectivity index is 0.781. The first-order valence-electron chi connectivity index (χ1n) is 41.6. The lowest BCUT2D eigenvalue weighted by Crippen LogP contribution is -2.25. The fraction of sp³-hybridized carbons (Fsp3) is 0.468. The highest BCUT2D eigenvalue weighted by Gasteiger charge is 2.43. The molecule has 0 N–H and O–H groups in total. The zero-order valence-electron chi connectivity index (χ0n) is 66.0. The maximum Gasteiger partial charge on any atom is 0.139 e. The topological polar surface area (TPSA) is 62.7 Å². The number of rotatable bonds is 48. The number of nitrogens with zero attached hydrogens (tertiary/aromatic N) is 2. The number of hydrogen-bond donors (Lipinski definition) is 0. The monoisotopic (exact) mass is 1620 g/mol. The summed E-state index contributed by atoms with van der Waals surface area (Å²) >= 11 is 16.1. The molecule has 1 atom stereocenters.